The van der Waals surface area contributed by atoms with Crippen molar-refractivity contribution >= 4 is 15.6 Å². The average Bonchev–Trinajstić information content (AvgIpc) is 2.52. The Bertz CT molecular complexity index is 715. The van der Waals surface area contributed by atoms with Crippen LogP contribution in [-0.4, -0.2) is 24.7 Å². The number of hydrogen-bond acceptors (Lipinski definition) is 3. The monoisotopic (exact) mass is 362 g/mol. The first kappa shape index (κ1) is 18.6. The summed E-state index contributed by atoms with van der Waals surface area (Å²) in [7, 11) is -3.02. The third kappa shape index (κ3) is 3.30. The average molecular weight is 363 g/mol. The van der Waals surface area contributed by atoms with Gasteiger partial charge in [-0.1, -0.05) is 52.3 Å². The largest absolute Gasteiger partial charge is 0.294 e. The molecule has 2 saturated heterocycles. The highest BCUT2D eigenvalue weighted by atomic mass is 32.2. The molecule has 0 aliphatic carbocycles. The minimum Gasteiger partial charge on any atom is -0.294 e. The van der Waals surface area contributed by atoms with Crippen LogP contribution in [0.5, 0.6) is 0 Å². The molecule has 2 unspecified atom stereocenters. The molecule has 2 aliphatic rings. The minimum atomic E-state index is -3.02. The van der Waals surface area contributed by atoms with Gasteiger partial charge >= 0.3 is 0 Å². The standard InChI is InChI=1S/C21H30O3S/c1-13(2)18-9-6-10-19(14(3)4)20(18)21(22)15-11-16-7-5-8-17(12-15)25(16,23)24/h6,9-10,13-17H,5,7-8,11-12H2,1-4H3. The van der Waals surface area contributed by atoms with Gasteiger partial charge in [-0.05, 0) is 48.6 Å². The van der Waals surface area contributed by atoms with E-state index >= 15 is 0 Å². The zero-order valence-electron chi connectivity index (χ0n) is 15.8. The van der Waals surface area contributed by atoms with Crippen LogP contribution in [0, 0.1) is 5.92 Å². The lowest BCUT2D eigenvalue weighted by Crippen LogP contribution is -2.45. The van der Waals surface area contributed by atoms with E-state index in [2.05, 4.69) is 39.8 Å². The Morgan fingerprint density at radius 1 is 0.960 bits per heavy atom. The van der Waals surface area contributed by atoms with E-state index < -0.39 is 9.84 Å². The molecule has 4 heteroatoms. The first-order valence-corrected chi connectivity index (χ1v) is 11.2. The van der Waals surface area contributed by atoms with Crippen molar-refractivity contribution in [1.29, 1.82) is 0 Å². The van der Waals surface area contributed by atoms with E-state index in [4.69, 9.17) is 0 Å². The van der Waals surface area contributed by atoms with Crippen molar-refractivity contribution in [3.05, 3.63) is 34.9 Å². The third-order valence-electron chi connectivity index (χ3n) is 6.07. The number of fused-ring (bicyclic) bond motifs is 2. The van der Waals surface area contributed by atoms with Gasteiger partial charge in [-0.3, -0.25) is 4.79 Å². The van der Waals surface area contributed by atoms with Crippen LogP contribution in [0.2, 0.25) is 0 Å². The molecule has 0 spiro atoms. The Labute approximate surface area is 152 Å². The maximum absolute atomic E-state index is 13.5. The molecule has 1 aromatic carbocycles. The number of carbonyl (C=O) groups is 1. The second kappa shape index (κ2) is 6.86. The lowest BCUT2D eigenvalue weighted by Gasteiger charge is -2.38. The highest BCUT2D eigenvalue weighted by Gasteiger charge is 2.46. The van der Waals surface area contributed by atoms with Gasteiger partial charge in [0, 0.05) is 11.5 Å². The van der Waals surface area contributed by atoms with Crippen LogP contribution in [0.4, 0.5) is 0 Å². The zero-order chi connectivity index (χ0) is 18.4. The van der Waals surface area contributed by atoms with E-state index in [-0.39, 0.29) is 34.0 Å². The van der Waals surface area contributed by atoms with Gasteiger partial charge in [0.15, 0.2) is 15.6 Å². The Kier molecular flexibility index (Phi) is 5.11. The Hall–Kier alpha value is -1.16. The van der Waals surface area contributed by atoms with E-state index in [1.807, 2.05) is 6.07 Å². The van der Waals surface area contributed by atoms with Gasteiger partial charge in [0.05, 0.1) is 10.5 Å². The number of hydrogen-bond donors (Lipinski definition) is 0. The fourth-order valence-corrected chi connectivity index (χ4v) is 7.20. The molecular weight excluding hydrogens is 332 g/mol. The van der Waals surface area contributed by atoms with Crippen LogP contribution in [0.3, 0.4) is 0 Å². The summed E-state index contributed by atoms with van der Waals surface area (Å²) in [4.78, 5) is 13.5. The highest BCUT2D eigenvalue weighted by molar-refractivity contribution is 7.92. The molecule has 2 heterocycles. The highest BCUT2D eigenvalue weighted by Crippen LogP contribution is 2.42. The Morgan fingerprint density at radius 3 is 1.88 bits per heavy atom. The zero-order valence-corrected chi connectivity index (χ0v) is 16.6. The van der Waals surface area contributed by atoms with Crippen LogP contribution in [0.1, 0.15) is 93.1 Å². The van der Waals surface area contributed by atoms with Gasteiger partial charge in [0.25, 0.3) is 0 Å². The Morgan fingerprint density at radius 2 is 1.44 bits per heavy atom. The van der Waals surface area contributed by atoms with Gasteiger partial charge in [0.1, 0.15) is 0 Å². The third-order valence-corrected chi connectivity index (χ3v) is 8.78. The number of rotatable bonds is 4. The molecule has 2 aliphatic heterocycles. The lowest BCUT2D eigenvalue weighted by atomic mass is 9.79. The summed E-state index contributed by atoms with van der Waals surface area (Å²) < 4.78 is 25.1. The number of carbonyl (C=O) groups excluding carboxylic acids is 1. The van der Waals surface area contributed by atoms with Gasteiger partial charge in [-0.25, -0.2) is 8.42 Å². The molecule has 2 bridgehead atoms. The van der Waals surface area contributed by atoms with E-state index in [0.717, 1.165) is 36.0 Å². The topological polar surface area (TPSA) is 51.2 Å². The second-order valence-corrected chi connectivity index (χ2v) is 10.9. The van der Waals surface area contributed by atoms with Gasteiger partial charge in [-0.2, -0.15) is 0 Å². The molecule has 138 valence electrons. The Balaban J connectivity index is 1.99. The molecule has 0 N–H and O–H groups in total. The van der Waals surface area contributed by atoms with Crippen LogP contribution in [0.25, 0.3) is 0 Å². The molecule has 3 nitrogen and oxygen atoms in total. The van der Waals surface area contributed by atoms with Gasteiger partial charge in [-0.15, -0.1) is 0 Å². The number of ketones is 1. The molecule has 2 atom stereocenters. The lowest BCUT2D eigenvalue weighted by molar-refractivity contribution is 0.0891. The van der Waals surface area contributed by atoms with Crippen LogP contribution >= 0.6 is 0 Å². The molecule has 1 aromatic rings. The summed E-state index contributed by atoms with van der Waals surface area (Å²) in [6.07, 6.45) is 3.47. The maximum atomic E-state index is 13.5. The smallest absolute Gasteiger partial charge is 0.166 e. The minimum absolute atomic E-state index is 0.142. The summed E-state index contributed by atoms with van der Waals surface area (Å²) in [5, 5.41) is -0.606. The fraction of sp³-hybridized carbons (Fsp3) is 0.667. The number of benzene rings is 1. The van der Waals surface area contributed by atoms with Crippen molar-refractivity contribution in [1.82, 2.24) is 0 Å². The summed E-state index contributed by atoms with van der Waals surface area (Å²) in [5.41, 5.74) is 3.08. The van der Waals surface area contributed by atoms with Crippen molar-refractivity contribution in [3.8, 4) is 0 Å². The predicted molar refractivity (Wildman–Crippen MR) is 102 cm³/mol. The molecular formula is C21H30O3S. The van der Waals surface area contributed by atoms with E-state index in [0.29, 0.717) is 12.8 Å². The van der Waals surface area contributed by atoms with Gasteiger partial charge < -0.3 is 0 Å². The van der Waals surface area contributed by atoms with Crippen molar-refractivity contribution < 1.29 is 13.2 Å². The molecule has 2 fully saturated rings. The molecule has 25 heavy (non-hydrogen) atoms. The van der Waals surface area contributed by atoms with Crippen LogP contribution in [0.15, 0.2) is 18.2 Å². The summed E-state index contributed by atoms with van der Waals surface area (Å²) in [6, 6.07) is 6.16. The van der Waals surface area contributed by atoms with Crippen molar-refractivity contribution in [2.45, 2.75) is 82.1 Å². The normalized spacial score (nSPS) is 28.3. The summed E-state index contributed by atoms with van der Waals surface area (Å²) >= 11 is 0. The van der Waals surface area contributed by atoms with Crippen molar-refractivity contribution in [2.24, 2.45) is 5.92 Å². The maximum Gasteiger partial charge on any atom is 0.166 e. The summed E-state index contributed by atoms with van der Waals surface area (Å²) in [6.45, 7) is 8.49. The quantitative estimate of drug-likeness (QED) is 0.719. The van der Waals surface area contributed by atoms with Crippen LogP contribution < -0.4 is 0 Å². The van der Waals surface area contributed by atoms with E-state index in [1.54, 1.807) is 0 Å². The summed E-state index contributed by atoms with van der Waals surface area (Å²) in [5.74, 6) is 0.602. The molecule has 0 amide bonds. The number of Topliss-reactive ketones (excluding diaryl/α,β-unsaturated/α-hetero) is 1. The van der Waals surface area contributed by atoms with Crippen molar-refractivity contribution in [2.75, 3.05) is 0 Å². The van der Waals surface area contributed by atoms with E-state index in [1.165, 1.54) is 0 Å². The van der Waals surface area contributed by atoms with Gasteiger partial charge in [0.2, 0.25) is 0 Å². The molecule has 0 saturated carbocycles. The first-order chi connectivity index (χ1) is 11.7. The second-order valence-electron chi connectivity index (χ2n) is 8.42. The first-order valence-electron chi connectivity index (χ1n) is 9.63. The number of sulfone groups is 1. The molecule has 3 rings (SSSR count). The fourth-order valence-electron chi connectivity index (χ4n) is 4.66. The molecule has 0 radical (unpaired) electrons. The molecule has 0 aromatic heterocycles. The van der Waals surface area contributed by atoms with Crippen LogP contribution in [-0.2, 0) is 9.84 Å². The van der Waals surface area contributed by atoms with Crippen molar-refractivity contribution in [3.63, 3.8) is 0 Å². The van der Waals surface area contributed by atoms with E-state index in [9.17, 15) is 13.2 Å². The SMILES string of the molecule is CC(C)c1cccc(C(C)C)c1C(=O)C1CC2CCCC(C1)S2(=O)=O. The predicted octanol–water partition coefficient (Wildman–Crippen LogP) is 4.86.